The Morgan fingerprint density at radius 1 is 0.929 bits per heavy atom. The summed E-state index contributed by atoms with van der Waals surface area (Å²) in [6.07, 6.45) is 0. The number of halogens is 3. The molecule has 3 N–H and O–H groups in total. The quantitative estimate of drug-likeness (QED) is 0.155. The second kappa shape index (κ2) is 13.2. The van der Waals surface area contributed by atoms with E-state index in [4.69, 9.17) is 37.3 Å². The number of hydrogen-bond acceptors (Lipinski definition) is 8. The molecule has 1 heterocycles. The minimum Gasteiger partial charge on any atom is -0.488 e. The van der Waals surface area contributed by atoms with Gasteiger partial charge >= 0.3 is 5.97 Å². The van der Waals surface area contributed by atoms with Crippen LogP contribution in [-0.4, -0.2) is 39.1 Å². The van der Waals surface area contributed by atoms with E-state index in [2.05, 4.69) is 15.6 Å². The first kappa shape index (κ1) is 29.3. The Balaban J connectivity index is 1.39. The first-order valence-electron chi connectivity index (χ1n) is 12.7. The van der Waals surface area contributed by atoms with Crippen LogP contribution in [0.15, 0.2) is 77.4 Å². The maximum Gasteiger partial charge on any atom is 0.323 e. The fourth-order valence-electron chi connectivity index (χ4n) is 4.23. The van der Waals surface area contributed by atoms with Gasteiger partial charge in [-0.1, -0.05) is 59.6 Å². The molecule has 4 aromatic carbocycles. The molecule has 0 spiro atoms. The number of aromatic nitrogens is 2. The fourth-order valence-corrected chi connectivity index (χ4v) is 4.76. The summed E-state index contributed by atoms with van der Waals surface area (Å²) in [5, 5.41) is 29.8. The van der Waals surface area contributed by atoms with E-state index in [0.29, 0.717) is 49.8 Å². The molecule has 0 saturated carbocycles. The van der Waals surface area contributed by atoms with Gasteiger partial charge in [0.25, 0.3) is 0 Å². The van der Waals surface area contributed by atoms with Crippen LogP contribution in [0.3, 0.4) is 0 Å². The molecule has 5 aromatic rings. The number of nitrogens with one attached hydrogen (secondary N) is 1. The number of fused-ring (bicyclic) bond motifs is 1. The van der Waals surface area contributed by atoms with Gasteiger partial charge < -0.3 is 19.7 Å². The number of carboxylic acid groups (broad SMARTS) is 1. The van der Waals surface area contributed by atoms with E-state index in [-0.39, 0.29) is 30.6 Å². The van der Waals surface area contributed by atoms with Gasteiger partial charge in [0, 0.05) is 29.3 Å². The van der Waals surface area contributed by atoms with Crippen LogP contribution in [0, 0.1) is 5.82 Å². The second-order valence-electron chi connectivity index (χ2n) is 9.30. The molecule has 1 atom stereocenters. The Morgan fingerprint density at radius 2 is 1.71 bits per heavy atom. The molecule has 216 valence electrons. The number of carboxylic acids is 1. The molecule has 0 unspecified atom stereocenters. The molecule has 1 aromatic heterocycles. The molecule has 0 bridgehead atoms. The van der Waals surface area contributed by atoms with Crippen molar-refractivity contribution in [1.82, 2.24) is 15.6 Å². The average molecular weight is 612 g/mol. The molecular weight excluding hydrogens is 588 g/mol. The summed E-state index contributed by atoms with van der Waals surface area (Å²) in [6, 6.07) is 18.9. The SMILES string of the molecule is O=C(O)[C@@H](CO)NCc1cc(Cl)c(OCc2cccc(-c3cccc(F)c3)c2Cl)cc1OCc1ccc2nonc2c1. The van der Waals surface area contributed by atoms with Gasteiger partial charge in [-0.05, 0) is 51.8 Å². The minimum atomic E-state index is -1.20. The number of carbonyl (C=O) groups is 1. The number of benzene rings is 4. The van der Waals surface area contributed by atoms with E-state index >= 15 is 0 Å². The van der Waals surface area contributed by atoms with E-state index < -0.39 is 18.6 Å². The number of hydrogen-bond donors (Lipinski definition) is 3. The highest BCUT2D eigenvalue weighted by Gasteiger charge is 2.19. The number of rotatable bonds is 12. The molecule has 0 radical (unpaired) electrons. The smallest absolute Gasteiger partial charge is 0.323 e. The number of ether oxygens (including phenoxy) is 2. The standard InChI is InChI=1S/C30H24Cl2FN3O6/c31-23-11-20(13-34-26(14-37)30(38)39)27(40-15-17-7-8-24-25(9-17)36-42-35-24)12-28(23)41-16-19-4-2-6-22(29(19)32)18-3-1-5-21(33)10-18/h1-12,26,34,37H,13-16H2,(H,38,39)/t26-/m1/s1. The molecule has 0 aliphatic rings. The van der Waals surface area contributed by atoms with Crippen LogP contribution >= 0.6 is 23.2 Å². The lowest BCUT2D eigenvalue weighted by molar-refractivity contribution is -0.140. The van der Waals surface area contributed by atoms with E-state index in [1.807, 2.05) is 6.07 Å². The molecule has 9 nitrogen and oxygen atoms in total. The maximum atomic E-state index is 13.8. The molecule has 12 heteroatoms. The third-order valence-electron chi connectivity index (χ3n) is 6.44. The monoisotopic (exact) mass is 611 g/mol. The van der Waals surface area contributed by atoms with Crippen LogP contribution in [0.2, 0.25) is 10.0 Å². The molecule has 5 rings (SSSR count). The van der Waals surface area contributed by atoms with E-state index in [9.17, 15) is 19.4 Å². The van der Waals surface area contributed by atoms with Crippen molar-refractivity contribution in [3.05, 3.63) is 105 Å². The Labute approximate surface area is 249 Å². The largest absolute Gasteiger partial charge is 0.488 e. The van der Waals surface area contributed by atoms with Crippen molar-refractivity contribution in [3.63, 3.8) is 0 Å². The average Bonchev–Trinajstić information content (AvgIpc) is 3.45. The molecule has 0 aliphatic heterocycles. The van der Waals surface area contributed by atoms with Crippen LogP contribution in [0.25, 0.3) is 22.2 Å². The lowest BCUT2D eigenvalue weighted by atomic mass is 10.0. The topological polar surface area (TPSA) is 127 Å². The molecule has 0 fully saturated rings. The van der Waals surface area contributed by atoms with Crippen molar-refractivity contribution in [2.75, 3.05) is 6.61 Å². The summed E-state index contributed by atoms with van der Waals surface area (Å²) < 4.78 is 30.7. The Hall–Kier alpha value is -4.22. The maximum absolute atomic E-state index is 13.8. The van der Waals surface area contributed by atoms with Gasteiger partial charge in [-0.2, -0.15) is 0 Å². The molecule has 0 saturated heterocycles. The van der Waals surface area contributed by atoms with Gasteiger partial charge in [-0.15, -0.1) is 0 Å². The zero-order valence-corrected chi connectivity index (χ0v) is 23.4. The zero-order chi connectivity index (χ0) is 29.6. The molecule has 0 aliphatic carbocycles. The number of aliphatic hydroxyl groups is 1. The highest BCUT2D eigenvalue weighted by molar-refractivity contribution is 6.34. The summed E-state index contributed by atoms with van der Waals surface area (Å²) in [5.74, 6) is -0.888. The fraction of sp³-hybridized carbons (Fsp3) is 0.167. The Morgan fingerprint density at radius 3 is 2.50 bits per heavy atom. The van der Waals surface area contributed by atoms with Crippen molar-refractivity contribution >= 4 is 40.2 Å². The first-order valence-corrected chi connectivity index (χ1v) is 13.5. The summed E-state index contributed by atoms with van der Waals surface area (Å²) in [4.78, 5) is 11.4. The van der Waals surface area contributed by atoms with E-state index in [1.165, 1.54) is 12.1 Å². The Bertz CT molecular complexity index is 1730. The summed E-state index contributed by atoms with van der Waals surface area (Å²) in [5.41, 5.74) is 4.46. The van der Waals surface area contributed by atoms with Crippen molar-refractivity contribution < 1.29 is 33.5 Å². The predicted molar refractivity (Wildman–Crippen MR) is 154 cm³/mol. The van der Waals surface area contributed by atoms with Gasteiger partial charge in [0.2, 0.25) is 0 Å². The molecule has 42 heavy (non-hydrogen) atoms. The molecular formula is C30H24Cl2FN3O6. The highest BCUT2D eigenvalue weighted by Crippen LogP contribution is 2.36. The molecule has 0 amide bonds. The minimum absolute atomic E-state index is 0.0423. The van der Waals surface area contributed by atoms with Crippen LogP contribution in [-0.2, 0) is 24.6 Å². The van der Waals surface area contributed by atoms with E-state index in [0.717, 1.165) is 5.56 Å². The van der Waals surface area contributed by atoms with Crippen molar-refractivity contribution in [3.8, 4) is 22.6 Å². The van der Waals surface area contributed by atoms with Crippen LogP contribution in [0.4, 0.5) is 4.39 Å². The van der Waals surface area contributed by atoms with Crippen LogP contribution < -0.4 is 14.8 Å². The van der Waals surface area contributed by atoms with Crippen molar-refractivity contribution in [2.45, 2.75) is 25.8 Å². The van der Waals surface area contributed by atoms with Crippen molar-refractivity contribution in [2.24, 2.45) is 0 Å². The summed E-state index contributed by atoms with van der Waals surface area (Å²) in [6.45, 7) is -0.358. The van der Waals surface area contributed by atoms with Gasteiger partial charge in [0.1, 0.15) is 47.6 Å². The number of nitrogens with zero attached hydrogens (tertiary/aromatic N) is 2. The normalized spacial score (nSPS) is 11.9. The van der Waals surface area contributed by atoms with Gasteiger partial charge in [0.15, 0.2) is 0 Å². The number of aliphatic carboxylic acids is 1. The summed E-state index contributed by atoms with van der Waals surface area (Å²) >= 11 is 13.2. The van der Waals surface area contributed by atoms with Crippen LogP contribution in [0.5, 0.6) is 11.5 Å². The first-order chi connectivity index (χ1) is 20.3. The Kier molecular flexibility index (Phi) is 9.19. The lowest BCUT2D eigenvalue weighted by Crippen LogP contribution is -2.39. The predicted octanol–water partition coefficient (Wildman–Crippen LogP) is 6.03. The van der Waals surface area contributed by atoms with E-state index in [1.54, 1.807) is 54.6 Å². The third-order valence-corrected chi connectivity index (χ3v) is 7.19. The third kappa shape index (κ3) is 6.80. The number of aliphatic hydroxyl groups excluding tert-OH is 1. The van der Waals surface area contributed by atoms with Gasteiger partial charge in [0.05, 0.1) is 16.7 Å². The van der Waals surface area contributed by atoms with Gasteiger partial charge in [-0.25, -0.2) is 9.02 Å². The van der Waals surface area contributed by atoms with Gasteiger partial charge in [-0.3, -0.25) is 10.1 Å². The zero-order valence-electron chi connectivity index (χ0n) is 21.9. The summed E-state index contributed by atoms with van der Waals surface area (Å²) in [7, 11) is 0. The van der Waals surface area contributed by atoms with Crippen LogP contribution in [0.1, 0.15) is 16.7 Å². The lowest BCUT2D eigenvalue weighted by Gasteiger charge is -2.18. The highest BCUT2D eigenvalue weighted by atomic mass is 35.5. The van der Waals surface area contributed by atoms with Crippen molar-refractivity contribution in [1.29, 1.82) is 0 Å². The second-order valence-corrected chi connectivity index (χ2v) is 10.1.